The third kappa shape index (κ3) is 2.47. The normalized spacial score (nSPS) is 23.6. The topological polar surface area (TPSA) is 26.0 Å². The van der Waals surface area contributed by atoms with Gasteiger partial charge in [0.25, 0.3) is 0 Å². The van der Waals surface area contributed by atoms with Crippen molar-refractivity contribution in [3.05, 3.63) is 35.4 Å². The minimum absolute atomic E-state index is 0.426. The van der Waals surface area contributed by atoms with Crippen molar-refractivity contribution in [2.75, 3.05) is 0 Å². The van der Waals surface area contributed by atoms with Gasteiger partial charge in [0, 0.05) is 6.04 Å². The van der Waals surface area contributed by atoms with Gasteiger partial charge in [-0.3, -0.25) is 0 Å². The number of hydrogen-bond donors (Lipinski definition) is 1. The minimum Gasteiger partial charge on any atom is -0.327 e. The van der Waals surface area contributed by atoms with Crippen LogP contribution in [0.4, 0.5) is 0 Å². The van der Waals surface area contributed by atoms with Crippen LogP contribution in [0.2, 0.25) is 0 Å². The van der Waals surface area contributed by atoms with Crippen molar-refractivity contribution in [3.8, 4) is 0 Å². The fourth-order valence-electron chi connectivity index (χ4n) is 3.95. The van der Waals surface area contributed by atoms with Gasteiger partial charge in [0.15, 0.2) is 0 Å². The summed E-state index contributed by atoms with van der Waals surface area (Å²) in [6.45, 7) is 0. The third-order valence-electron chi connectivity index (χ3n) is 5.07. The molecule has 2 aliphatic carbocycles. The number of rotatable bonds is 2. The standard InChI is InChI=1S/C17H25N/c18-17(13-7-3-1-2-4-8-13)16-11-14-9-5-6-10-15(14)12-16/h5-6,9-10,13,16-17H,1-4,7-8,11-12,18H2. The van der Waals surface area contributed by atoms with Gasteiger partial charge in [-0.1, -0.05) is 49.9 Å². The van der Waals surface area contributed by atoms with Crippen LogP contribution >= 0.6 is 0 Å². The molecule has 1 unspecified atom stereocenters. The van der Waals surface area contributed by atoms with Crippen molar-refractivity contribution in [2.24, 2.45) is 17.6 Å². The molecule has 98 valence electrons. The van der Waals surface area contributed by atoms with E-state index in [1.54, 1.807) is 11.1 Å². The maximum atomic E-state index is 6.60. The second-order valence-electron chi connectivity index (χ2n) is 6.27. The molecular formula is C17H25N. The monoisotopic (exact) mass is 243 g/mol. The Balaban J connectivity index is 1.66. The van der Waals surface area contributed by atoms with Crippen molar-refractivity contribution in [3.63, 3.8) is 0 Å². The molecule has 0 aliphatic heterocycles. The molecule has 0 aromatic heterocycles. The number of benzene rings is 1. The van der Waals surface area contributed by atoms with Gasteiger partial charge in [-0.05, 0) is 48.6 Å². The summed E-state index contributed by atoms with van der Waals surface area (Å²) >= 11 is 0. The average Bonchev–Trinajstić information content (AvgIpc) is 2.64. The largest absolute Gasteiger partial charge is 0.327 e. The fraction of sp³-hybridized carbons (Fsp3) is 0.647. The molecule has 1 saturated carbocycles. The maximum Gasteiger partial charge on any atom is 0.0102 e. The highest BCUT2D eigenvalue weighted by atomic mass is 14.7. The van der Waals surface area contributed by atoms with Crippen molar-refractivity contribution in [1.29, 1.82) is 0 Å². The predicted molar refractivity (Wildman–Crippen MR) is 76.5 cm³/mol. The fourth-order valence-corrected chi connectivity index (χ4v) is 3.95. The molecule has 3 rings (SSSR count). The molecule has 0 saturated heterocycles. The Morgan fingerprint density at radius 1 is 0.833 bits per heavy atom. The quantitative estimate of drug-likeness (QED) is 0.788. The highest BCUT2D eigenvalue weighted by Crippen LogP contribution is 2.34. The van der Waals surface area contributed by atoms with Gasteiger partial charge in [-0.15, -0.1) is 0 Å². The van der Waals surface area contributed by atoms with E-state index in [0.717, 1.165) is 5.92 Å². The lowest BCUT2D eigenvalue weighted by molar-refractivity contribution is 0.289. The zero-order chi connectivity index (χ0) is 12.4. The van der Waals surface area contributed by atoms with E-state index in [1.807, 2.05) is 0 Å². The van der Waals surface area contributed by atoms with Gasteiger partial charge in [0.05, 0.1) is 0 Å². The molecule has 0 radical (unpaired) electrons. The lowest BCUT2D eigenvalue weighted by Gasteiger charge is -2.27. The summed E-state index contributed by atoms with van der Waals surface area (Å²) in [5, 5.41) is 0. The second-order valence-corrected chi connectivity index (χ2v) is 6.27. The van der Waals surface area contributed by atoms with Gasteiger partial charge in [0.1, 0.15) is 0 Å². The predicted octanol–water partition coefficient (Wildman–Crippen LogP) is 3.70. The summed E-state index contributed by atoms with van der Waals surface area (Å²) in [4.78, 5) is 0. The Bertz CT molecular complexity index is 365. The van der Waals surface area contributed by atoms with E-state index in [9.17, 15) is 0 Å². The SMILES string of the molecule is NC(C1CCCCCC1)C1Cc2ccccc2C1. The van der Waals surface area contributed by atoms with E-state index >= 15 is 0 Å². The smallest absolute Gasteiger partial charge is 0.0102 e. The molecule has 18 heavy (non-hydrogen) atoms. The van der Waals surface area contributed by atoms with E-state index in [4.69, 9.17) is 5.73 Å². The van der Waals surface area contributed by atoms with Gasteiger partial charge < -0.3 is 5.73 Å². The molecule has 1 nitrogen and oxygen atoms in total. The van der Waals surface area contributed by atoms with Crippen LogP contribution in [0.15, 0.2) is 24.3 Å². The van der Waals surface area contributed by atoms with Gasteiger partial charge in [0.2, 0.25) is 0 Å². The molecule has 2 N–H and O–H groups in total. The summed E-state index contributed by atoms with van der Waals surface area (Å²) in [6.07, 6.45) is 10.8. The van der Waals surface area contributed by atoms with Crippen LogP contribution in [0.1, 0.15) is 49.7 Å². The Labute approximate surface area is 111 Å². The summed E-state index contributed by atoms with van der Waals surface area (Å²) in [5.41, 5.74) is 9.70. The lowest BCUT2D eigenvalue weighted by Crippen LogP contribution is -2.38. The van der Waals surface area contributed by atoms with Crippen molar-refractivity contribution < 1.29 is 0 Å². The Hall–Kier alpha value is -0.820. The Kier molecular flexibility index (Phi) is 3.69. The first-order valence-electron chi connectivity index (χ1n) is 7.67. The van der Waals surface area contributed by atoms with Crippen LogP contribution in [0.3, 0.4) is 0 Å². The third-order valence-corrected chi connectivity index (χ3v) is 5.07. The van der Waals surface area contributed by atoms with Crippen LogP contribution in [0.25, 0.3) is 0 Å². The molecular weight excluding hydrogens is 218 g/mol. The molecule has 0 amide bonds. The molecule has 1 aromatic carbocycles. The second kappa shape index (κ2) is 5.44. The molecule has 0 spiro atoms. The summed E-state index contributed by atoms with van der Waals surface area (Å²) < 4.78 is 0. The van der Waals surface area contributed by atoms with E-state index < -0.39 is 0 Å². The Morgan fingerprint density at radius 3 is 1.94 bits per heavy atom. The molecule has 2 aliphatic rings. The first-order chi connectivity index (χ1) is 8.84. The number of nitrogens with two attached hydrogens (primary N) is 1. The van der Waals surface area contributed by atoms with Crippen molar-refractivity contribution >= 4 is 0 Å². The molecule has 1 aromatic rings. The van der Waals surface area contributed by atoms with Gasteiger partial charge in [-0.25, -0.2) is 0 Å². The summed E-state index contributed by atoms with van der Waals surface area (Å²) in [7, 11) is 0. The van der Waals surface area contributed by atoms with Gasteiger partial charge in [-0.2, -0.15) is 0 Å². The molecule has 0 heterocycles. The number of fused-ring (bicyclic) bond motifs is 1. The highest BCUT2D eigenvalue weighted by Gasteiger charge is 2.31. The van der Waals surface area contributed by atoms with Crippen LogP contribution in [-0.4, -0.2) is 6.04 Å². The van der Waals surface area contributed by atoms with Crippen LogP contribution in [0.5, 0.6) is 0 Å². The van der Waals surface area contributed by atoms with Crippen molar-refractivity contribution in [1.82, 2.24) is 0 Å². The average molecular weight is 243 g/mol. The maximum absolute atomic E-state index is 6.60. The number of hydrogen-bond acceptors (Lipinski definition) is 1. The highest BCUT2D eigenvalue weighted by molar-refractivity contribution is 5.32. The zero-order valence-corrected chi connectivity index (χ0v) is 11.3. The van der Waals surface area contributed by atoms with Crippen molar-refractivity contribution in [2.45, 2.75) is 57.4 Å². The van der Waals surface area contributed by atoms with Crippen LogP contribution in [-0.2, 0) is 12.8 Å². The first-order valence-corrected chi connectivity index (χ1v) is 7.67. The molecule has 1 fully saturated rings. The van der Waals surface area contributed by atoms with E-state index in [2.05, 4.69) is 24.3 Å². The van der Waals surface area contributed by atoms with E-state index in [-0.39, 0.29) is 0 Å². The first kappa shape index (κ1) is 12.2. The summed E-state index contributed by atoms with van der Waals surface area (Å²) in [6, 6.07) is 9.33. The lowest BCUT2D eigenvalue weighted by atomic mass is 9.83. The molecule has 1 heteroatoms. The van der Waals surface area contributed by atoms with Crippen LogP contribution < -0.4 is 5.73 Å². The van der Waals surface area contributed by atoms with Crippen LogP contribution in [0, 0.1) is 11.8 Å². The zero-order valence-electron chi connectivity index (χ0n) is 11.3. The van der Waals surface area contributed by atoms with E-state index in [1.165, 1.54) is 51.4 Å². The van der Waals surface area contributed by atoms with Gasteiger partial charge >= 0.3 is 0 Å². The Morgan fingerprint density at radius 2 is 1.39 bits per heavy atom. The summed E-state index contributed by atoms with van der Waals surface area (Å²) in [5.74, 6) is 1.48. The molecule has 0 bridgehead atoms. The minimum atomic E-state index is 0.426. The molecule has 1 atom stereocenters. The van der Waals surface area contributed by atoms with E-state index in [0.29, 0.717) is 12.0 Å².